The maximum absolute atomic E-state index is 11.6. The maximum atomic E-state index is 11.6. The van der Waals surface area contributed by atoms with Gasteiger partial charge in [-0.15, -0.1) is 0 Å². The third kappa shape index (κ3) is 4.30. The number of hydrogen-bond donors (Lipinski definition) is 2. The van der Waals surface area contributed by atoms with Crippen LogP contribution in [0, 0.1) is 0 Å². The predicted octanol–water partition coefficient (Wildman–Crippen LogP) is 1.94. The third-order valence-electron chi connectivity index (χ3n) is 2.02. The summed E-state index contributed by atoms with van der Waals surface area (Å²) in [6.07, 6.45) is 3.53. The van der Waals surface area contributed by atoms with Crippen LogP contribution < -0.4 is 11.1 Å². The van der Waals surface area contributed by atoms with E-state index in [0.717, 1.165) is 37.0 Å². The normalized spacial score (nSPS) is 12.2. The van der Waals surface area contributed by atoms with Gasteiger partial charge in [-0.25, -0.2) is 0 Å². The highest BCUT2D eigenvalue weighted by Gasteiger charge is 2.10. The van der Waals surface area contributed by atoms with Crippen LogP contribution in [0.1, 0.15) is 46.5 Å². The van der Waals surface area contributed by atoms with Gasteiger partial charge < -0.3 is 11.1 Å². The van der Waals surface area contributed by atoms with Gasteiger partial charge in [0.05, 0.1) is 0 Å². The lowest BCUT2D eigenvalue weighted by molar-refractivity contribution is -0.117. The maximum Gasteiger partial charge on any atom is 0.248 e. The molecule has 0 aliphatic heterocycles. The molecule has 1 amide bonds. The molecule has 0 spiro atoms. The fraction of sp³-hybridized carbons (Fsp3) is 0.727. The molecule has 0 aromatic rings. The molecule has 0 atom stereocenters. The molecule has 82 valence electrons. The Morgan fingerprint density at radius 1 is 1.14 bits per heavy atom. The van der Waals surface area contributed by atoms with Crippen molar-refractivity contribution in [2.24, 2.45) is 5.73 Å². The lowest BCUT2D eigenvalue weighted by Gasteiger charge is -2.10. The number of carbonyl (C=O) groups is 1. The number of rotatable bonds is 6. The highest BCUT2D eigenvalue weighted by Crippen LogP contribution is 2.11. The van der Waals surface area contributed by atoms with Crippen LogP contribution in [0.5, 0.6) is 0 Å². The summed E-state index contributed by atoms with van der Waals surface area (Å²) in [6.45, 7) is 6.69. The average molecular weight is 198 g/mol. The quantitative estimate of drug-likeness (QED) is 0.641. The molecule has 0 fully saturated rings. The first kappa shape index (κ1) is 13.0. The standard InChI is InChI=1S/C11H22N2O/c1-4-7-9(10(12)8-5-2)11(14)13-6-3/h4-8,12H2,1-3H3,(H,13,14)/b10-9-. The van der Waals surface area contributed by atoms with Gasteiger partial charge in [0.25, 0.3) is 0 Å². The Bertz CT molecular complexity index is 209. The zero-order valence-electron chi connectivity index (χ0n) is 9.52. The van der Waals surface area contributed by atoms with E-state index in [1.165, 1.54) is 0 Å². The molecule has 3 nitrogen and oxygen atoms in total. The van der Waals surface area contributed by atoms with Gasteiger partial charge in [-0.05, 0) is 19.8 Å². The first-order chi connectivity index (χ1) is 6.67. The number of carbonyl (C=O) groups excluding carboxylic acids is 1. The zero-order chi connectivity index (χ0) is 11.0. The highest BCUT2D eigenvalue weighted by molar-refractivity contribution is 5.93. The van der Waals surface area contributed by atoms with Crippen LogP contribution in [-0.4, -0.2) is 12.5 Å². The molecule has 0 aliphatic rings. The van der Waals surface area contributed by atoms with Crippen LogP contribution in [-0.2, 0) is 4.79 Å². The fourth-order valence-electron chi connectivity index (χ4n) is 1.36. The molecule has 3 heteroatoms. The van der Waals surface area contributed by atoms with E-state index in [9.17, 15) is 4.79 Å². The van der Waals surface area contributed by atoms with E-state index >= 15 is 0 Å². The molecular weight excluding hydrogens is 176 g/mol. The summed E-state index contributed by atoms with van der Waals surface area (Å²) in [5.41, 5.74) is 7.39. The molecule has 0 heterocycles. The van der Waals surface area contributed by atoms with E-state index in [-0.39, 0.29) is 5.91 Å². The van der Waals surface area contributed by atoms with E-state index in [0.29, 0.717) is 6.54 Å². The Hall–Kier alpha value is -0.990. The first-order valence-electron chi connectivity index (χ1n) is 5.42. The third-order valence-corrected chi connectivity index (χ3v) is 2.02. The lowest BCUT2D eigenvalue weighted by Crippen LogP contribution is -2.26. The number of nitrogens with one attached hydrogen (secondary N) is 1. The van der Waals surface area contributed by atoms with Crippen LogP contribution in [0.25, 0.3) is 0 Å². The van der Waals surface area contributed by atoms with E-state index in [2.05, 4.69) is 19.2 Å². The Labute approximate surface area is 86.8 Å². The Morgan fingerprint density at radius 3 is 2.14 bits per heavy atom. The molecule has 0 unspecified atom stereocenters. The molecule has 14 heavy (non-hydrogen) atoms. The fourth-order valence-corrected chi connectivity index (χ4v) is 1.36. The van der Waals surface area contributed by atoms with Crippen LogP contribution >= 0.6 is 0 Å². The van der Waals surface area contributed by atoms with Crippen LogP contribution in [0.15, 0.2) is 11.3 Å². The predicted molar refractivity (Wildman–Crippen MR) is 59.7 cm³/mol. The van der Waals surface area contributed by atoms with Crippen LogP contribution in [0.3, 0.4) is 0 Å². The van der Waals surface area contributed by atoms with Gasteiger partial charge in [-0.3, -0.25) is 4.79 Å². The SMILES string of the molecule is CCC/C(N)=C(\CCC)C(=O)NCC. The molecule has 3 N–H and O–H groups in total. The summed E-state index contributed by atoms with van der Waals surface area (Å²) in [5.74, 6) is 0.000278. The molecule has 0 aromatic carbocycles. The van der Waals surface area contributed by atoms with Gasteiger partial charge in [0, 0.05) is 17.8 Å². The Kier molecular flexibility index (Phi) is 6.89. The van der Waals surface area contributed by atoms with Crippen LogP contribution in [0.2, 0.25) is 0 Å². The molecule has 0 aromatic heterocycles. The van der Waals surface area contributed by atoms with Gasteiger partial charge in [-0.1, -0.05) is 26.7 Å². The number of hydrogen-bond acceptors (Lipinski definition) is 2. The van der Waals surface area contributed by atoms with Crippen molar-refractivity contribution in [3.8, 4) is 0 Å². The Balaban J connectivity index is 4.55. The minimum Gasteiger partial charge on any atom is -0.402 e. The zero-order valence-corrected chi connectivity index (χ0v) is 9.52. The molecule has 0 saturated carbocycles. The van der Waals surface area contributed by atoms with Crippen molar-refractivity contribution in [1.82, 2.24) is 5.32 Å². The summed E-state index contributed by atoms with van der Waals surface area (Å²) >= 11 is 0. The minimum atomic E-state index is 0.000278. The number of allylic oxidation sites excluding steroid dienone is 1. The topological polar surface area (TPSA) is 55.1 Å². The van der Waals surface area contributed by atoms with E-state index in [4.69, 9.17) is 5.73 Å². The van der Waals surface area contributed by atoms with E-state index < -0.39 is 0 Å². The van der Waals surface area contributed by atoms with Crippen molar-refractivity contribution >= 4 is 5.91 Å². The molecular formula is C11H22N2O. The van der Waals surface area contributed by atoms with Crippen molar-refractivity contribution in [3.05, 3.63) is 11.3 Å². The summed E-state index contributed by atoms with van der Waals surface area (Å²) in [5, 5.41) is 2.79. The molecule has 0 aliphatic carbocycles. The second-order valence-electron chi connectivity index (χ2n) is 3.36. The molecule has 0 saturated heterocycles. The Morgan fingerprint density at radius 2 is 1.71 bits per heavy atom. The van der Waals surface area contributed by atoms with Crippen molar-refractivity contribution in [3.63, 3.8) is 0 Å². The summed E-state index contributed by atoms with van der Waals surface area (Å²) in [6, 6.07) is 0. The summed E-state index contributed by atoms with van der Waals surface area (Å²) in [7, 11) is 0. The summed E-state index contributed by atoms with van der Waals surface area (Å²) in [4.78, 5) is 11.6. The van der Waals surface area contributed by atoms with Gasteiger partial charge in [0.2, 0.25) is 5.91 Å². The van der Waals surface area contributed by atoms with Crippen LogP contribution in [0.4, 0.5) is 0 Å². The first-order valence-corrected chi connectivity index (χ1v) is 5.42. The van der Waals surface area contributed by atoms with Crippen molar-refractivity contribution in [2.45, 2.75) is 46.5 Å². The van der Waals surface area contributed by atoms with E-state index in [1.54, 1.807) is 0 Å². The van der Waals surface area contributed by atoms with Gasteiger partial charge in [-0.2, -0.15) is 0 Å². The second kappa shape index (κ2) is 7.42. The highest BCUT2D eigenvalue weighted by atomic mass is 16.1. The number of amides is 1. The van der Waals surface area contributed by atoms with Crippen molar-refractivity contribution < 1.29 is 4.79 Å². The van der Waals surface area contributed by atoms with Gasteiger partial charge >= 0.3 is 0 Å². The number of nitrogens with two attached hydrogens (primary N) is 1. The van der Waals surface area contributed by atoms with Crippen molar-refractivity contribution in [1.29, 1.82) is 0 Å². The summed E-state index contributed by atoms with van der Waals surface area (Å²) < 4.78 is 0. The smallest absolute Gasteiger partial charge is 0.248 e. The van der Waals surface area contributed by atoms with Crippen molar-refractivity contribution in [2.75, 3.05) is 6.54 Å². The lowest BCUT2D eigenvalue weighted by atomic mass is 10.1. The second-order valence-corrected chi connectivity index (χ2v) is 3.36. The van der Waals surface area contributed by atoms with Gasteiger partial charge in [0.15, 0.2) is 0 Å². The largest absolute Gasteiger partial charge is 0.402 e. The average Bonchev–Trinajstić information content (AvgIpc) is 2.14. The number of likely N-dealkylation sites (N-methyl/N-ethyl adjacent to an activating group) is 1. The minimum absolute atomic E-state index is 0.000278. The van der Waals surface area contributed by atoms with E-state index in [1.807, 2.05) is 6.92 Å². The molecule has 0 radical (unpaired) electrons. The monoisotopic (exact) mass is 198 g/mol. The molecule has 0 rings (SSSR count). The molecule has 0 bridgehead atoms. The van der Waals surface area contributed by atoms with Gasteiger partial charge in [0.1, 0.15) is 0 Å².